The van der Waals surface area contributed by atoms with E-state index in [1.165, 1.54) is 11.8 Å². The molecule has 0 saturated heterocycles. The molecule has 152 valence electrons. The molecular weight excluding hydrogens is 378 g/mol. The van der Waals surface area contributed by atoms with Crippen LogP contribution in [0.4, 0.5) is 4.79 Å². The summed E-state index contributed by atoms with van der Waals surface area (Å²) in [6.45, 7) is 7.31. The topological polar surface area (TPSA) is 98.1 Å². The van der Waals surface area contributed by atoms with Gasteiger partial charge in [-0.1, -0.05) is 37.7 Å². The molecule has 0 radical (unpaired) electrons. The van der Waals surface area contributed by atoms with Crippen LogP contribution in [-0.2, 0) is 11.3 Å². The highest BCUT2D eigenvalue weighted by Gasteiger charge is 2.17. The van der Waals surface area contributed by atoms with Gasteiger partial charge in [-0.3, -0.25) is 10.1 Å². The fourth-order valence-corrected chi connectivity index (χ4v) is 3.32. The van der Waals surface area contributed by atoms with Gasteiger partial charge in [-0.25, -0.2) is 4.79 Å². The van der Waals surface area contributed by atoms with Gasteiger partial charge in [0.25, 0.3) is 0 Å². The van der Waals surface area contributed by atoms with Crippen molar-refractivity contribution in [2.75, 3.05) is 19.4 Å². The molecule has 0 aliphatic carbocycles. The SMILES string of the molecule is CCn1c(SCC(=O)NC(=O)NCCC(C)C)nnc1-c1ccccc1OC. The first-order valence-electron chi connectivity index (χ1n) is 9.23. The average Bonchev–Trinajstić information content (AvgIpc) is 3.08. The molecule has 1 heterocycles. The number of carbonyl (C=O) groups excluding carboxylic acids is 2. The molecule has 0 spiro atoms. The number of benzene rings is 1. The van der Waals surface area contributed by atoms with Crippen molar-refractivity contribution in [3.8, 4) is 17.1 Å². The lowest BCUT2D eigenvalue weighted by molar-refractivity contribution is -0.117. The van der Waals surface area contributed by atoms with Crippen molar-refractivity contribution in [3.63, 3.8) is 0 Å². The van der Waals surface area contributed by atoms with E-state index in [1.807, 2.05) is 35.8 Å². The fourth-order valence-electron chi connectivity index (χ4n) is 2.52. The number of para-hydroxylation sites is 1. The highest BCUT2D eigenvalue weighted by atomic mass is 32.2. The van der Waals surface area contributed by atoms with E-state index in [2.05, 4.69) is 34.7 Å². The molecule has 0 aliphatic heterocycles. The molecule has 9 heteroatoms. The van der Waals surface area contributed by atoms with Crippen LogP contribution >= 0.6 is 11.8 Å². The molecule has 0 atom stereocenters. The Hall–Kier alpha value is -2.55. The van der Waals surface area contributed by atoms with Crippen LogP contribution in [0.3, 0.4) is 0 Å². The predicted molar refractivity (Wildman–Crippen MR) is 109 cm³/mol. The summed E-state index contributed by atoms with van der Waals surface area (Å²) in [4.78, 5) is 23.8. The average molecular weight is 406 g/mol. The fraction of sp³-hybridized carbons (Fsp3) is 0.474. The Morgan fingerprint density at radius 1 is 1.25 bits per heavy atom. The van der Waals surface area contributed by atoms with Gasteiger partial charge in [0.1, 0.15) is 5.75 Å². The van der Waals surface area contributed by atoms with E-state index in [-0.39, 0.29) is 11.7 Å². The van der Waals surface area contributed by atoms with Crippen molar-refractivity contribution in [2.24, 2.45) is 5.92 Å². The van der Waals surface area contributed by atoms with Crippen molar-refractivity contribution in [2.45, 2.75) is 38.9 Å². The quantitative estimate of drug-likeness (QED) is 0.623. The van der Waals surface area contributed by atoms with Gasteiger partial charge in [0.15, 0.2) is 11.0 Å². The standard InChI is InChI=1S/C19H27N5O3S/c1-5-24-17(14-8-6-7-9-15(14)27-4)22-23-19(24)28-12-16(25)21-18(26)20-11-10-13(2)3/h6-9,13H,5,10-12H2,1-4H3,(H2,20,21,25,26). The Labute approximate surface area is 169 Å². The molecule has 0 saturated carbocycles. The maximum atomic E-state index is 12.0. The molecular formula is C19H27N5O3S. The third-order valence-electron chi connectivity index (χ3n) is 3.97. The second-order valence-electron chi connectivity index (χ2n) is 6.53. The predicted octanol–water partition coefficient (Wildman–Crippen LogP) is 2.94. The van der Waals surface area contributed by atoms with Crippen molar-refractivity contribution < 1.29 is 14.3 Å². The molecule has 2 rings (SSSR count). The van der Waals surface area contributed by atoms with E-state index in [4.69, 9.17) is 4.74 Å². The maximum Gasteiger partial charge on any atom is 0.321 e. The first-order valence-corrected chi connectivity index (χ1v) is 10.2. The molecule has 0 bridgehead atoms. The molecule has 2 aromatic rings. The zero-order chi connectivity index (χ0) is 20.5. The summed E-state index contributed by atoms with van der Waals surface area (Å²) in [5, 5.41) is 14.1. The number of amides is 3. The number of ether oxygens (including phenoxy) is 1. The summed E-state index contributed by atoms with van der Waals surface area (Å²) < 4.78 is 7.32. The van der Waals surface area contributed by atoms with E-state index < -0.39 is 6.03 Å². The van der Waals surface area contributed by atoms with Gasteiger partial charge in [0, 0.05) is 13.1 Å². The van der Waals surface area contributed by atoms with Crippen LogP contribution in [0.15, 0.2) is 29.4 Å². The van der Waals surface area contributed by atoms with Gasteiger partial charge >= 0.3 is 6.03 Å². The summed E-state index contributed by atoms with van der Waals surface area (Å²) in [6, 6.07) is 7.10. The molecule has 8 nitrogen and oxygen atoms in total. The monoisotopic (exact) mass is 405 g/mol. The Balaban J connectivity index is 1.97. The van der Waals surface area contributed by atoms with Gasteiger partial charge < -0.3 is 14.6 Å². The minimum atomic E-state index is -0.474. The molecule has 0 aliphatic rings. The highest BCUT2D eigenvalue weighted by molar-refractivity contribution is 7.99. The van der Waals surface area contributed by atoms with Gasteiger partial charge in [0.05, 0.1) is 18.4 Å². The molecule has 28 heavy (non-hydrogen) atoms. The molecule has 1 aromatic heterocycles. The Morgan fingerprint density at radius 3 is 2.68 bits per heavy atom. The smallest absolute Gasteiger partial charge is 0.321 e. The lowest BCUT2D eigenvalue weighted by atomic mass is 10.1. The lowest BCUT2D eigenvalue weighted by Gasteiger charge is -2.10. The van der Waals surface area contributed by atoms with Crippen molar-refractivity contribution >= 4 is 23.7 Å². The number of aromatic nitrogens is 3. The Kier molecular flexibility index (Phi) is 8.31. The summed E-state index contributed by atoms with van der Waals surface area (Å²) in [5.74, 6) is 1.56. The highest BCUT2D eigenvalue weighted by Crippen LogP contribution is 2.30. The summed E-state index contributed by atoms with van der Waals surface area (Å²) in [7, 11) is 1.61. The van der Waals surface area contributed by atoms with E-state index in [9.17, 15) is 9.59 Å². The Morgan fingerprint density at radius 2 is 2.00 bits per heavy atom. The van der Waals surface area contributed by atoms with Crippen molar-refractivity contribution in [3.05, 3.63) is 24.3 Å². The first-order chi connectivity index (χ1) is 13.5. The second kappa shape index (κ2) is 10.7. The number of hydrogen-bond donors (Lipinski definition) is 2. The van der Waals surface area contributed by atoms with E-state index in [1.54, 1.807) is 7.11 Å². The van der Waals surface area contributed by atoms with Crippen LogP contribution in [0, 0.1) is 5.92 Å². The van der Waals surface area contributed by atoms with Crippen LogP contribution in [0.2, 0.25) is 0 Å². The number of imide groups is 1. The largest absolute Gasteiger partial charge is 0.496 e. The number of thioether (sulfide) groups is 1. The van der Waals surface area contributed by atoms with Gasteiger partial charge in [-0.05, 0) is 31.4 Å². The van der Waals surface area contributed by atoms with Crippen molar-refractivity contribution in [1.29, 1.82) is 0 Å². The Bertz CT molecular complexity index is 807. The van der Waals surface area contributed by atoms with E-state index in [0.717, 1.165) is 12.0 Å². The molecule has 1 aromatic carbocycles. The second-order valence-corrected chi connectivity index (χ2v) is 7.47. The summed E-state index contributed by atoms with van der Waals surface area (Å²) >= 11 is 1.24. The lowest BCUT2D eigenvalue weighted by Crippen LogP contribution is -2.40. The van der Waals surface area contributed by atoms with Crippen LogP contribution in [0.25, 0.3) is 11.4 Å². The molecule has 2 N–H and O–H groups in total. The molecule has 3 amide bonds. The van der Waals surface area contributed by atoms with Gasteiger partial charge in [0.2, 0.25) is 5.91 Å². The normalized spacial score (nSPS) is 10.8. The summed E-state index contributed by atoms with van der Waals surface area (Å²) in [5.41, 5.74) is 0.834. The minimum absolute atomic E-state index is 0.0711. The third-order valence-corrected chi connectivity index (χ3v) is 4.94. The zero-order valence-electron chi connectivity index (χ0n) is 16.7. The number of hydrogen-bond acceptors (Lipinski definition) is 6. The van der Waals surface area contributed by atoms with Gasteiger partial charge in [-0.15, -0.1) is 10.2 Å². The maximum absolute atomic E-state index is 12.0. The van der Waals surface area contributed by atoms with Crippen LogP contribution in [-0.4, -0.2) is 46.1 Å². The van der Waals surface area contributed by atoms with Gasteiger partial charge in [-0.2, -0.15) is 0 Å². The van der Waals surface area contributed by atoms with Crippen LogP contribution in [0.1, 0.15) is 27.2 Å². The van der Waals surface area contributed by atoms with Crippen molar-refractivity contribution in [1.82, 2.24) is 25.4 Å². The molecule has 0 fully saturated rings. The number of urea groups is 1. The van der Waals surface area contributed by atoms with Crippen LogP contribution < -0.4 is 15.4 Å². The molecule has 0 unspecified atom stereocenters. The summed E-state index contributed by atoms with van der Waals surface area (Å²) in [6.07, 6.45) is 0.863. The number of rotatable bonds is 9. The number of nitrogens with one attached hydrogen (secondary N) is 2. The third kappa shape index (κ3) is 5.98. The van der Waals surface area contributed by atoms with E-state index >= 15 is 0 Å². The number of carbonyl (C=O) groups is 2. The zero-order valence-corrected chi connectivity index (χ0v) is 17.5. The number of methoxy groups -OCH3 is 1. The minimum Gasteiger partial charge on any atom is -0.496 e. The van der Waals surface area contributed by atoms with E-state index in [0.29, 0.717) is 35.7 Å². The number of nitrogens with zero attached hydrogens (tertiary/aromatic N) is 3. The van der Waals surface area contributed by atoms with Crippen LogP contribution in [0.5, 0.6) is 5.75 Å². The first kappa shape index (κ1) is 21.7.